The van der Waals surface area contributed by atoms with E-state index in [1.165, 1.54) is 6.08 Å². The van der Waals surface area contributed by atoms with Gasteiger partial charge in [-0.25, -0.2) is 0 Å². The highest BCUT2D eigenvalue weighted by atomic mass is 16.3. The predicted octanol–water partition coefficient (Wildman–Crippen LogP) is 2.19. The summed E-state index contributed by atoms with van der Waals surface area (Å²) in [6.07, 6.45) is 1.19. The quantitative estimate of drug-likeness (QED) is 0.575. The molecule has 0 heterocycles. The smallest absolute Gasteiger partial charge is 0.164 e. The van der Waals surface area contributed by atoms with Gasteiger partial charge >= 0.3 is 0 Å². The third kappa shape index (κ3) is 3.91. The van der Waals surface area contributed by atoms with Gasteiger partial charge in [0.05, 0.1) is 13.2 Å². The molecule has 0 aliphatic heterocycles. The van der Waals surface area contributed by atoms with E-state index in [1.807, 2.05) is 0 Å². The third-order valence-corrected chi connectivity index (χ3v) is 2.85. The summed E-state index contributed by atoms with van der Waals surface area (Å²) in [6, 6.07) is 4.78. The van der Waals surface area contributed by atoms with Crippen LogP contribution in [0.4, 0.5) is 0 Å². The lowest BCUT2D eigenvalue weighted by Crippen LogP contribution is -2.17. The molecule has 0 unspecified atom stereocenters. The van der Waals surface area contributed by atoms with Crippen LogP contribution in [-0.4, -0.2) is 21.1 Å². The minimum atomic E-state index is -0.557. The van der Waals surface area contributed by atoms with Crippen molar-refractivity contribution in [2.75, 3.05) is 0 Å². The van der Waals surface area contributed by atoms with Gasteiger partial charge in [-0.2, -0.15) is 0 Å². The van der Waals surface area contributed by atoms with E-state index in [4.69, 9.17) is 5.11 Å². The summed E-state index contributed by atoms with van der Waals surface area (Å²) < 4.78 is 0. The van der Waals surface area contributed by atoms with Crippen LogP contribution in [0.15, 0.2) is 24.3 Å². The van der Waals surface area contributed by atoms with Crippen molar-refractivity contribution in [1.82, 2.24) is 0 Å². The normalized spacial score (nSPS) is 12.6. The molecule has 0 aliphatic rings. The number of benzene rings is 1. The fourth-order valence-electron chi connectivity index (χ4n) is 1.51. The van der Waals surface area contributed by atoms with Gasteiger partial charge in [-0.05, 0) is 17.2 Å². The first kappa shape index (κ1) is 15.4. The Kier molecular flexibility index (Phi) is 4.86. The Morgan fingerprint density at radius 3 is 2.21 bits per heavy atom. The van der Waals surface area contributed by atoms with Crippen molar-refractivity contribution in [3.05, 3.63) is 41.0 Å². The van der Waals surface area contributed by atoms with Crippen LogP contribution in [0, 0.1) is 5.41 Å². The minimum absolute atomic E-state index is 0.140. The summed E-state index contributed by atoms with van der Waals surface area (Å²) in [5.41, 5.74) is 1.02. The summed E-state index contributed by atoms with van der Waals surface area (Å²) in [4.78, 5) is 11.8. The predicted molar refractivity (Wildman–Crippen MR) is 73.4 cm³/mol. The fourth-order valence-corrected chi connectivity index (χ4v) is 1.51. The molecular formula is C15H20O4. The van der Waals surface area contributed by atoms with Crippen LogP contribution >= 0.6 is 0 Å². The summed E-state index contributed by atoms with van der Waals surface area (Å²) in [7, 11) is 0. The molecule has 0 saturated heterocycles. The highest BCUT2D eigenvalue weighted by Crippen LogP contribution is 2.21. The largest absolute Gasteiger partial charge is 0.507 e. The van der Waals surface area contributed by atoms with Gasteiger partial charge in [-0.3, -0.25) is 4.79 Å². The number of allylic oxidation sites excluding steroid dienone is 1. The molecule has 4 heteroatoms. The minimum Gasteiger partial charge on any atom is -0.507 e. The first-order valence-corrected chi connectivity index (χ1v) is 6.08. The Bertz CT molecular complexity index is 495. The van der Waals surface area contributed by atoms with Gasteiger partial charge in [0.1, 0.15) is 5.76 Å². The molecule has 19 heavy (non-hydrogen) atoms. The molecule has 0 radical (unpaired) electrons. The average molecular weight is 264 g/mol. The maximum Gasteiger partial charge on any atom is 0.164 e. The number of aliphatic hydroxyl groups excluding tert-OH is 3. The van der Waals surface area contributed by atoms with E-state index in [0.717, 1.165) is 0 Å². The molecule has 0 fully saturated rings. The first-order chi connectivity index (χ1) is 8.79. The zero-order chi connectivity index (χ0) is 14.6. The first-order valence-electron chi connectivity index (χ1n) is 6.08. The van der Waals surface area contributed by atoms with E-state index in [2.05, 4.69) is 0 Å². The molecule has 0 aliphatic carbocycles. The average Bonchev–Trinajstić information content (AvgIpc) is 2.36. The number of carbonyl (C=O) groups excluding carboxylic acids is 1. The molecule has 0 saturated carbocycles. The van der Waals surface area contributed by atoms with Crippen molar-refractivity contribution < 1.29 is 20.1 Å². The van der Waals surface area contributed by atoms with Crippen molar-refractivity contribution in [2.24, 2.45) is 5.41 Å². The SMILES string of the molecule is CC(C)(C)C(=O)/C=C(\O)c1ccc(CO)c(CO)c1. The number of aliphatic hydroxyl groups is 3. The Morgan fingerprint density at radius 2 is 1.74 bits per heavy atom. The van der Waals surface area contributed by atoms with Crippen molar-refractivity contribution in [1.29, 1.82) is 0 Å². The summed E-state index contributed by atoms with van der Waals surface area (Å²) in [5, 5.41) is 28.2. The Morgan fingerprint density at radius 1 is 1.16 bits per heavy atom. The maximum atomic E-state index is 11.8. The molecule has 0 spiro atoms. The van der Waals surface area contributed by atoms with Crippen LogP contribution in [0.2, 0.25) is 0 Å². The summed E-state index contributed by atoms with van der Waals surface area (Å²) in [6.45, 7) is 4.90. The van der Waals surface area contributed by atoms with E-state index in [1.54, 1.807) is 39.0 Å². The second-order valence-electron chi connectivity index (χ2n) is 5.44. The van der Waals surface area contributed by atoms with Gasteiger partial charge in [0.2, 0.25) is 0 Å². The lowest BCUT2D eigenvalue weighted by molar-refractivity contribution is -0.121. The van der Waals surface area contributed by atoms with Crippen LogP contribution < -0.4 is 0 Å². The molecule has 104 valence electrons. The monoisotopic (exact) mass is 264 g/mol. The van der Waals surface area contributed by atoms with Crippen molar-refractivity contribution in [3.63, 3.8) is 0 Å². The van der Waals surface area contributed by atoms with E-state index in [-0.39, 0.29) is 24.8 Å². The maximum absolute atomic E-state index is 11.8. The van der Waals surface area contributed by atoms with Crippen LogP contribution in [0.25, 0.3) is 5.76 Å². The zero-order valence-electron chi connectivity index (χ0n) is 11.5. The highest BCUT2D eigenvalue weighted by molar-refractivity contribution is 5.98. The molecule has 3 N–H and O–H groups in total. The van der Waals surface area contributed by atoms with E-state index >= 15 is 0 Å². The lowest BCUT2D eigenvalue weighted by atomic mass is 9.90. The van der Waals surface area contributed by atoms with Gasteiger partial charge < -0.3 is 15.3 Å². The molecule has 1 aromatic rings. The lowest BCUT2D eigenvalue weighted by Gasteiger charge is -2.14. The second-order valence-corrected chi connectivity index (χ2v) is 5.44. The Balaban J connectivity index is 3.10. The van der Waals surface area contributed by atoms with Crippen LogP contribution in [0.5, 0.6) is 0 Å². The fraction of sp³-hybridized carbons (Fsp3) is 0.400. The molecule has 0 amide bonds. The highest BCUT2D eigenvalue weighted by Gasteiger charge is 2.20. The van der Waals surface area contributed by atoms with Gasteiger partial charge in [-0.1, -0.05) is 32.9 Å². The molecular weight excluding hydrogens is 244 g/mol. The van der Waals surface area contributed by atoms with Gasteiger partial charge in [0.25, 0.3) is 0 Å². The zero-order valence-corrected chi connectivity index (χ0v) is 11.5. The van der Waals surface area contributed by atoms with Crippen LogP contribution in [0.3, 0.4) is 0 Å². The standard InChI is InChI=1S/C15H20O4/c1-15(2,3)14(19)7-13(18)10-4-5-11(8-16)12(6-10)9-17/h4-7,16-18H,8-9H2,1-3H3/b13-7-. The number of ketones is 1. The van der Waals surface area contributed by atoms with Gasteiger partial charge in [0.15, 0.2) is 5.78 Å². The van der Waals surface area contributed by atoms with Gasteiger partial charge in [-0.15, -0.1) is 0 Å². The number of rotatable bonds is 4. The van der Waals surface area contributed by atoms with E-state index in [9.17, 15) is 15.0 Å². The Hall–Kier alpha value is -1.65. The van der Waals surface area contributed by atoms with Crippen LogP contribution in [0.1, 0.15) is 37.5 Å². The van der Waals surface area contributed by atoms with Crippen LogP contribution in [-0.2, 0) is 18.0 Å². The topological polar surface area (TPSA) is 77.8 Å². The van der Waals surface area contributed by atoms with Crippen molar-refractivity contribution in [3.8, 4) is 0 Å². The van der Waals surface area contributed by atoms with Crippen molar-refractivity contribution >= 4 is 11.5 Å². The van der Waals surface area contributed by atoms with Crippen molar-refractivity contribution in [2.45, 2.75) is 34.0 Å². The number of carbonyl (C=O) groups is 1. The number of hydrogen-bond acceptors (Lipinski definition) is 4. The summed E-state index contributed by atoms with van der Waals surface area (Å²) >= 11 is 0. The van der Waals surface area contributed by atoms with Gasteiger partial charge in [0, 0.05) is 17.1 Å². The molecule has 0 bridgehead atoms. The molecule has 0 atom stereocenters. The molecule has 4 nitrogen and oxygen atoms in total. The van der Waals surface area contributed by atoms with E-state index < -0.39 is 5.41 Å². The number of hydrogen-bond donors (Lipinski definition) is 3. The summed E-state index contributed by atoms with van der Waals surface area (Å²) in [5.74, 6) is -0.319. The molecule has 1 rings (SSSR count). The molecule has 0 aromatic heterocycles. The molecule has 1 aromatic carbocycles. The second kappa shape index (κ2) is 5.99. The Labute approximate surface area is 113 Å². The third-order valence-electron chi connectivity index (χ3n) is 2.85. The van der Waals surface area contributed by atoms with E-state index in [0.29, 0.717) is 16.7 Å².